The third-order valence-corrected chi connectivity index (χ3v) is 3.68. The summed E-state index contributed by atoms with van der Waals surface area (Å²) in [6, 6.07) is 7.55. The standard InChI is InChI=1S/C14H9BrClF4N/c15-10-5-8(1-3-12(10)17)7-21-13-4-2-9(6-11(13)16)14(18,19)20/h1-6,21H,7H2. The van der Waals surface area contributed by atoms with E-state index in [1.807, 2.05) is 0 Å². The van der Waals surface area contributed by atoms with Gasteiger partial charge in [0.05, 0.1) is 20.7 Å². The van der Waals surface area contributed by atoms with E-state index >= 15 is 0 Å². The largest absolute Gasteiger partial charge is 0.416 e. The van der Waals surface area contributed by atoms with Crippen LogP contribution >= 0.6 is 27.5 Å². The van der Waals surface area contributed by atoms with Gasteiger partial charge in [-0.15, -0.1) is 0 Å². The highest BCUT2D eigenvalue weighted by Crippen LogP contribution is 2.33. The molecule has 2 rings (SSSR count). The van der Waals surface area contributed by atoms with Gasteiger partial charge in [0.15, 0.2) is 0 Å². The maximum Gasteiger partial charge on any atom is 0.416 e. The normalized spacial score (nSPS) is 11.5. The number of halogens is 6. The predicted molar refractivity (Wildman–Crippen MR) is 77.9 cm³/mol. The molecule has 0 amide bonds. The Balaban J connectivity index is 2.11. The van der Waals surface area contributed by atoms with Gasteiger partial charge in [0.25, 0.3) is 0 Å². The predicted octanol–water partition coefficient (Wildman–Crippen LogP) is 5.87. The van der Waals surface area contributed by atoms with E-state index in [1.165, 1.54) is 12.1 Å². The van der Waals surface area contributed by atoms with Crippen molar-refractivity contribution in [1.29, 1.82) is 0 Å². The lowest BCUT2D eigenvalue weighted by Gasteiger charge is -2.12. The Kier molecular flexibility index (Phi) is 4.78. The van der Waals surface area contributed by atoms with Crippen LogP contribution < -0.4 is 5.32 Å². The number of nitrogens with one attached hydrogen (secondary N) is 1. The van der Waals surface area contributed by atoms with Crippen molar-refractivity contribution in [1.82, 2.24) is 0 Å². The molecule has 0 saturated carbocycles. The first-order valence-corrected chi connectivity index (χ1v) is 6.99. The summed E-state index contributed by atoms with van der Waals surface area (Å²) in [7, 11) is 0. The second-order valence-corrected chi connectivity index (χ2v) is 5.56. The van der Waals surface area contributed by atoms with E-state index in [4.69, 9.17) is 11.6 Å². The average Bonchev–Trinajstić information content (AvgIpc) is 2.40. The lowest BCUT2D eigenvalue weighted by atomic mass is 10.2. The molecule has 0 aromatic heterocycles. The van der Waals surface area contributed by atoms with Crippen LogP contribution in [0.15, 0.2) is 40.9 Å². The fourth-order valence-electron chi connectivity index (χ4n) is 1.68. The summed E-state index contributed by atoms with van der Waals surface area (Å²) in [6.07, 6.45) is -4.43. The molecule has 2 aromatic carbocycles. The SMILES string of the molecule is Fc1ccc(CNc2ccc(C(F)(F)F)cc2Cl)cc1Br. The molecule has 0 radical (unpaired) electrons. The number of rotatable bonds is 3. The number of alkyl halides is 3. The molecule has 0 aliphatic carbocycles. The average molecular weight is 383 g/mol. The van der Waals surface area contributed by atoms with Crippen molar-refractivity contribution in [2.24, 2.45) is 0 Å². The maximum atomic E-state index is 13.1. The summed E-state index contributed by atoms with van der Waals surface area (Å²) in [4.78, 5) is 0. The minimum absolute atomic E-state index is 0.0222. The quantitative estimate of drug-likeness (QED) is 0.654. The van der Waals surface area contributed by atoms with Gasteiger partial charge in [0, 0.05) is 6.54 Å². The topological polar surface area (TPSA) is 12.0 Å². The molecule has 2 aromatic rings. The van der Waals surface area contributed by atoms with Gasteiger partial charge in [-0.25, -0.2) is 4.39 Å². The van der Waals surface area contributed by atoms with Gasteiger partial charge in [-0.05, 0) is 51.8 Å². The third kappa shape index (κ3) is 4.11. The van der Waals surface area contributed by atoms with Crippen LogP contribution in [0.2, 0.25) is 5.02 Å². The summed E-state index contributed by atoms with van der Waals surface area (Å²) >= 11 is 8.89. The van der Waals surface area contributed by atoms with Gasteiger partial charge in [-0.1, -0.05) is 17.7 Å². The summed E-state index contributed by atoms with van der Waals surface area (Å²) in [6.45, 7) is 0.309. The second-order valence-electron chi connectivity index (χ2n) is 4.29. The van der Waals surface area contributed by atoms with E-state index in [0.29, 0.717) is 16.7 Å². The molecule has 0 spiro atoms. The molecule has 1 nitrogen and oxygen atoms in total. The highest BCUT2D eigenvalue weighted by Gasteiger charge is 2.30. The van der Waals surface area contributed by atoms with E-state index < -0.39 is 11.7 Å². The first-order valence-electron chi connectivity index (χ1n) is 5.82. The Hall–Kier alpha value is -1.27. The molecule has 21 heavy (non-hydrogen) atoms. The Morgan fingerprint density at radius 2 is 1.81 bits per heavy atom. The maximum absolute atomic E-state index is 13.1. The summed E-state index contributed by atoms with van der Waals surface area (Å²) in [5, 5.41) is 2.89. The van der Waals surface area contributed by atoms with Crippen molar-refractivity contribution in [3.8, 4) is 0 Å². The Labute approximate surface area is 132 Å². The molecule has 0 aliphatic heterocycles. The molecular weight excluding hydrogens is 374 g/mol. The zero-order chi connectivity index (χ0) is 15.6. The zero-order valence-corrected chi connectivity index (χ0v) is 12.8. The van der Waals surface area contributed by atoms with Gasteiger partial charge in [-0.3, -0.25) is 0 Å². The smallest absolute Gasteiger partial charge is 0.380 e. The molecule has 7 heteroatoms. The van der Waals surface area contributed by atoms with Crippen LogP contribution in [-0.2, 0) is 12.7 Å². The zero-order valence-electron chi connectivity index (χ0n) is 10.4. The molecular formula is C14H9BrClF4N. The van der Waals surface area contributed by atoms with E-state index in [9.17, 15) is 17.6 Å². The van der Waals surface area contributed by atoms with Crippen molar-refractivity contribution < 1.29 is 17.6 Å². The number of hydrogen-bond acceptors (Lipinski definition) is 1. The molecule has 0 atom stereocenters. The molecule has 0 bridgehead atoms. The summed E-state index contributed by atoms with van der Waals surface area (Å²) in [5.41, 5.74) is 0.340. The van der Waals surface area contributed by atoms with Crippen LogP contribution in [0, 0.1) is 5.82 Å². The summed E-state index contributed by atoms with van der Waals surface area (Å²) < 4.78 is 50.9. The first-order chi connectivity index (χ1) is 9.77. The molecule has 0 aliphatic rings. The highest BCUT2D eigenvalue weighted by atomic mass is 79.9. The Morgan fingerprint density at radius 3 is 2.38 bits per heavy atom. The van der Waals surface area contributed by atoms with E-state index in [2.05, 4.69) is 21.2 Å². The van der Waals surface area contributed by atoms with Gasteiger partial charge < -0.3 is 5.32 Å². The molecule has 1 N–H and O–H groups in total. The molecule has 112 valence electrons. The number of benzene rings is 2. The van der Waals surface area contributed by atoms with E-state index in [1.54, 1.807) is 12.1 Å². The molecule has 0 unspecified atom stereocenters. The van der Waals surface area contributed by atoms with Crippen molar-refractivity contribution >= 4 is 33.2 Å². The van der Waals surface area contributed by atoms with E-state index in [-0.39, 0.29) is 10.8 Å². The molecule has 0 heterocycles. The van der Waals surface area contributed by atoms with Crippen LogP contribution in [0.1, 0.15) is 11.1 Å². The lowest BCUT2D eigenvalue weighted by molar-refractivity contribution is -0.137. The first kappa shape index (κ1) is 16.1. The lowest BCUT2D eigenvalue weighted by Crippen LogP contribution is -2.06. The Morgan fingerprint density at radius 1 is 1.10 bits per heavy atom. The van der Waals surface area contributed by atoms with Crippen LogP contribution in [-0.4, -0.2) is 0 Å². The van der Waals surface area contributed by atoms with Crippen LogP contribution in [0.4, 0.5) is 23.2 Å². The minimum Gasteiger partial charge on any atom is -0.380 e. The number of hydrogen-bond donors (Lipinski definition) is 1. The van der Waals surface area contributed by atoms with Crippen LogP contribution in [0.3, 0.4) is 0 Å². The number of anilines is 1. The van der Waals surface area contributed by atoms with Gasteiger partial charge in [-0.2, -0.15) is 13.2 Å². The van der Waals surface area contributed by atoms with Crippen molar-refractivity contribution in [3.63, 3.8) is 0 Å². The van der Waals surface area contributed by atoms with Gasteiger partial charge in [0.2, 0.25) is 0 Å². The van der Waals surface area contributed by atoms with Crippen LogP contribution in [0.5, 0.6) is 0 Å². The van der Waals surface area contributed by atoms with Crippen molar-refractivity contribution in [2.45, 2.75) is 12.7 Å². The second kappa shape index (κ2) is 6.23. The minimum atomic E-state index is -4.43. The molecule has 0 fully saturated rings. The van der Waals surface area contributed by atoms with Gasteiger partial charge in [0.1, 0.15) is 5.82 Å². The third-order valence-electron chi connectivity index (χ3n) is 2.76. The molecule has 0 saturated heterocycles. The highest BCUT2D eigenvalue weighted by molar-refractivity contribution is 9.10. The van der Waals surface area contributed by atoms with Crippen molar-refractivity contribution in [3.05, 3.63) is 62.8 Å². The fraction of sp³-hybridized carbons (Fsp3) is 0.143. The summed E-state index contributed by atoms with van der Waals surface area (Å²) in [5.74, 6) is -0.383. The van der Waals surface area contributed by atoms with Crippen molar-refractivity contribution in [2.75, 3.05) is 5.32 Å². The monoisotopic (exact) mass is 381 g/mol. The van der Waals surface area contributed by atoms with Crippen LogP contribution in [0.25, 0.3) is 0 Å². The van der Waals surface area contributed by atoms with E-state index in [0.717, 1.165) is 17.7 Å². The fourth-order valence-corrected chi connectivity index (χ4v) is 2.36. The Bertz CT molecular complexity index is 658. The van der Waals surface area contributed by atoms with Gasteiger partial charge >= 0.3 is 6.18 Å².